The van der Waals surface area contributed by atoms with Crippen LogP contribution in [0.3, 0.4) is 0 Å². The maximum absolute atomic E-state index is 12.6. The molecule has 0 spiro atoms. The van der Waals surface area contributed by atoms with Gasteiger partial charge in [-0.2, -0.15) is 0 Å². The summed E-state index contributed by atoms with van der Waals surface area (Å²) in [6, 6.07) is 0.136. The molecule has 1 atom stereocenters. The topological polar surface area (TPSA) is 75.4 Å². The second kappa shape index (κ2) is 6.19. The van der Waals surface area contributed by atoms with Gasteiger partial charge in [-0.15, -0.1) is 0 Å². The Balaban J connectivity index is 1.83. The van der Waals surface area contributed by atoms with Crippen molar-refractivity contribution < 1.29 is 9.90 Å². The highest BCUT2D eigenvalue weighted by Gasteiger charge is 2.31. The number of carbonyl (C=O) groups is 1. The van der Waals surface area contributed by atoms with Gasteiger partial charge in [0.1, 0.15) is 5.56 Å². The minimum atomic E-state index is -0.220. The molecule has 0 aliphatic carbocycles. The molecule has 21 heavy (non-hydrogen) atoms. The lowest BCUT2D eigenvalue weighted by Gasteiger charge is -2.24. The first-order valence-electron chi connectivity index (χ1n) is 7.37. The lowest BCUT2D eigenvalue weighted by Crippen LogP contribution is -2.40. The maximum atomic E-state index is 12.6. The number of aliphatic hydroxyl groups excluding tert-OH is 1. The molecule has 1 N–H and O–H groups in total. The zero-order chi connectivity index (χ0) is 14.8. The summed E-state index contributed by atoms with van der Waals surface area (Å²) < 4.78 is 1.59. The summed E-state index contributed by atoms with van der Waals surface area (Å²) in [5, 5.41) is 9.65. The van der Waals surface area contributed by atoms with Gasteiger partial charge < -0.3 is 10.0 Å². The van der Waals surface area contributed by atoms with Crippen molar-refractivity contribution in [3.05, 3.63) is 22.1 Å². The second-order valence-electron chi connectivity index (χ2n) is 5.42. The normalized spacial score (nSPS) is 20.8. The molecule has 114 valence electrons. The van der Waals surface area contributed by atoms with Crippen molar-refractivity contribution >= 4 is 17.7 Å². The SMILES string of the molecule is O=C(c1cnc2n(c1=O)CCS2)N1CCCC1CCCO. The average Bonchev–Trinajstić information content (AvgIpc) is 3.14. The third-order valence-corrected chi connectivity index (χ3v) is 5.09. The molecule has 3 rings (SSSR count). The molecule has 7 heteroatoms. The second-order valence-corrected chi connectivity index (χ2v) is 6.48. The fourth-order valence-electron chi connectivity index (χ4n) is 3.05. The van der Waals surface area contributed by atoms with E-state index in [1.807, 2.05) is 0 Å². The zero-order valence-corrected chi connectivity index (χ0v) is 12.6. The van der Waals surface area contributed by atoms with E-state index < -0.39 is 0 Å². The van der Waals surface area contributed by atoms with Gasteiger partial charge in [0.05, 0.1) is 0 Å². The number of hydrogen-bond donors (Lipinski definition) is 1. The molecule has 0 aromatic carbocycles. The van der Waals surface area contributed by atoms with Crippen LogP contribution in [0.1, 0.15) is 36.0 Å². The lowest BCUT2D eigenvalue weighted by molar-refractivity contribution is 0.0721. The van der Waals surface area contributed by atoms with Crippen molar-refractivity contribution in [1.29, 1.82) is 0 Å². The van der Waals surface area contributed by atoms with Gasteiger partial charge in [0.2, 0.25) is 0 Å². The average molecular weight is 309 g/mol. The van der Waals surface area contributed by atoms with Gasteiger partial charge in [0.15, 0.2) is 5.16 Å². The number of amides is 1. The van der Waals surface area contributed by atoms with E-state index in [0.29, 0.717) is 24.7 Å². The summed E-state index contributed by atoms with van der Waals surface area (Å²) in [6.07, 6.45) is 4.80. The van der Waals surface area contributed by atoms with Gasteiger partial charge in [-0.25, -0.2) is 4.98 Å². The number of nitrogens with zero attached hydrogens (tertiary/aromatic N) is 3. The van der Waals surface area contributed by atoms with Crippen LogP contribution in [-0.4, -0.2) is 50.4 Å². The number of rotatable bonds is 4. The van der Waals surface area contributed by atoms with E-state index in [2.05, 4.69) is 4.98 Å². The molecule has 1 saturated heterocycles. The van der Waals surface area contributed by atoms with E-state index in [4.69, 9.17) is 5.11 Å². The Morgan fingerprint density at radius 1 is 1.48 bits per heavy atom. The monoisotopic (exact) mass is 309 g/mol. The highest BCUT2D eigenvalue weighted by molar-refractivity contribution is 7.99. The number of likely N-dealkylation sites (tertiary alicyclic amines) is 1. The number of carbonyl (C=O) groups excluding carboxylic acids is 1. The van der Waals surface area contributed by atoms with Crippen LogP contribution in [-0.2, 0) is 6.54 Å². The van der Waals surface area contributed by atoms with Crippen LogP contribution in [0.5, 0.6) is 0 Å². The fourth-order valence-corrected chi connectivity index (χ4v) is 3.96. The molecular formula is C14H19N3O3S. The van der Waals surface area contributed by atoms with E-state index >= 15 is 0 Å². The van der Waals surface area contributed by atoms with E-state index in [1.165, 1.54) is 6.20 Å². The van der Waals surface area contributed by atoms with Crippen LogP contribution in [0.15, 0.2) is 16.1 Å². The summed E-state index contributed by atoms with van der Waals surface area (Å²) >= 11 is 1.55. The Kier molecular flexibility index (Phi) is 4.30. The Morgan fingerprint density at radius 2 is 2.33 bits per heavy atom. The summed E-state index contributed by atoms with van der Waals surface area (Å²) in [5.74, 6) is 0.628. The fraction of sp³-hybridized carbons (Fsp3) is 0.643. The predicted octanol–water partition coefficient (Wildman–Crippen LogP) is 0.726. The van der Waals surface area contributed by atoms with Crippen LogP contribution in [0, 0.1) is 0 Å². The molecule has 1 amide bonds. The van der Waals surface area contributed by atoms with Gasteiger partial charge in [-0.1, -0.05) is 11.8 Å². The van der Waals surface area contributed by atoms with E-state index in [1.54, 1.807) is 21.2 Å². The Morgan fingerprint density at radius 3 is 3.14 bits per heavy atom. The summed E-state index contributed by atoms with van der Waals surface area (Å²) in [6.45, 7) is 1.45. The lowest BCUT2D eigenvalue weighted by atomic mass is 10.1. The molecule has 6 nitrogen and oxygen atoms in total. The molecule has 3 heterocycles. The number of hydrogen-bond acceptors (Lipinski definition) is 5. The van der Waals surface area contributed by atoms with Crippen molar-refractivity contribution in [2.24, 2.45) is 0 Å². The molecule has 1 aromatic heterocycles. The third kappa shape index (κ3) is 2.72. The maximum Gasteiger partial charge on any atom is 0.267 e. The van der Waals surface area contributed by atoms with E-state index in [-0.39, 0.29) is 29.7 Å². The molecule has 1 aromatic rings. The van der Waals surface area contributed by atoms with Gasteiger partial charge in [-0.05, 0) is 25.7 Å². The molecule has 0 radical (unpaired) electrons. The predicted molar refractivity (Wildman–Crippen MR) is 79.6 cm³/mol. The first kappa shape index (κ1) is 14.6. The number of thioether (sulfide) groups is 1. The molecule has 0 saturated carbocycles. The Labute approximate surface area is 127 Å². The Bertz CT molecular complexity index is 602. The minimum absolute atomic E-state index is 0.136. The first-order valence-corrected chi connectivity index (χ1v) is 8.35. The van der Waals surface area contributed by atoms with Crippen LogP contribution >= 0.6 is 11.8 Å². The molecule has 2 aliphatic rings. The van der Waals surface area contributed by atoms with Crippen molar-refractivity contribution in [2.45, 2.75) is 43.4 Å². The number of fused-ring (bicyclic) bond motifs is 1. The van der Waals surface area contributed by atoms with Crippen molar-refractivity contribution in [3.8, 4) is 0 Å². The quantitative estimate of drug-likeness (QED) is 0.830. The van der Waals surface area contributed by atoms with Crippen LogP contribution in [0.2, 0.25) is 0 Å². The highest BCUT2D eigenvalue weighted by Crippen LogP contribution is 2.24. The van der Waals surface area contributed by atoms with E-state index in [9.17, 15) is 9.59 Å². The summed E-state index contributed by atoms with van der Waals surface area (Å²) in [5.41, 5.74) is -0.0417. The third-order valence-electron chi connectivity index (χ3n) is 4.12. The van der Waals surface area contributed by atoms with E-state index in [0.717, 1.165) is 25.0 Å². The minimum Gasteiger partial charge on any atom is -0.396 e. The molecule has 1 unspecified atom stereocenters. The first-order chi connectivity index (χ1) is 10.2. The van der Waals surface area contributed by atoms with Gasteiger partial charge >= 0.3 is 0 Å². The molecular weight excluding hydrogens is 290 g/mol. The summed E-state index contributed by atoms with van der Waals surface area (Å²) in [7, 11) is 0. The van der Waals surface area contributed by atoms with Crippen molar-refractivity contribution in [2.75, 3.05) is 18.9 Å². The highest BCUT2D eigenvalue weighted by atomic mass is 32.2. The molecule has 0 bridgehead atoms. The van der Waals surface area contributed by atoms with Crippen LogP contribution in [0.4, 0.5) is 0 Å². The zero-order valence-electron chi connectivity index (χ0n) is 11.8. The van der Waals surface area contributed by atoms with Gasteiger partial charge in [0, 0.05) is 37.7 Å². The van der Waals surface area contributed by atoms with Crippen LogP contribution in [0.25, 0.3) is 0 Å². The summed E-state index contributed by atoms with van der Waals surface area (Å²) in [4.78, 5) is 31.1. The van der Waals surface area contributed by atoms with Crippen molar-refractivity contribution in [3.63, 3.8) is 0 Å². The smallest absolute Gasteiger partial charge is 0.267 e. The van der Waals surface area contributed by atoms with Gasteiger partial charge in [0.25, 0.3) is 11.5 Å². The standard InChI is InChI=1S/C14H19N3O3S/c18-7-2-4-10-3-1-5-16(10)12(19)11-9-15-14-17(13(11)20)6-8-21-14/h9-10,18H,1-8H2. The number of aliphatic hydroxyl groups is 1. The largest absolute Gasteiger partial charge is 0.396 e. The molecule has 1 fully saturated rings. The Hall–Kier alpha value is -1.34. The van der Waals surface area contributed by atoms with Crippen LogP contribution < -0.4 is 5.56 Å². The number of aromatic nitrogens is 2. The molecule has 2 aliphatic heterocycles. The van der Waals surface area contributed by atoms with Crippen molar-refractivity contribution in [1.82, 2.24) is 14.5 Å². The van der Waals surface area contributed by atoms with Gasteiger partial charge in [-0.3, -0.25) is 14.2 Å².